The molecule has 25 heavy (non-hydrogen) atoms. The molecule has 0 N–H and O–H groups in total. The Morgan fingerprint density at radius 2 is 2.04 bits per heavy atom. The van der Waals surface area contributed by atoms with E-state index in [4.69, 9.17) is 21.3 Å². The molecule has 0 spiro atoms. The maximum atomic E-state index is 6.44. The highest BCUT2D eigenvalue weighted by Gasteiger charge is 2.21. The molecule has 0 amide bonds. The largest absolute Gasteiger partial charge is 0.381 e. The van der Waals surface area contributed by atoms with E-state index >= 15 is 0 Å². The molecule has 1 aliphatic heterocycles. The maximum absolute atomic E-state index is 6.44. The Kier molecular flexibility index (Phi) is 4.31. The predicted octanol–water partition coefficient (Wildman–Crippen LogP) is 3.30. The number of pyridine rings is 2. The Labute approximate surface area is 151 Å². The van der Waals surface area contributed by atoms with E-state index in [1.807, 2.05) is 29.8 Å². The molecule has 4 rings (SSSR count). The standard InChI is InChI=1S/C18H20ClN5O/c1-23-17(22-15-4-3-7-20-18(15)23)13-10-16(21-11-14(13)19)24-8-5-12(25-2)6-9-24/h3-4,7,10-12H,5-6,8-9H2,1-2H3. The van der Waals surface area contributed by atoms with Crippen molar-refractivity contribution in [2.24, 2.45) is 7.05 Å². The topological polar surface area (TPSA) is 56.1 Å². The molecule has 6 nitrogen and oxygen atoms in total. The SMILES string of the molecule is COC1CCN(c2cc(-c3nc4cccnc4n3C)c(Cl)cn2)CC1. The molecule has 1 aliphatic rings. The van der Waals surface area contributed by atoms with Gasteiger partial charge in [0.05, 0.1) is 11.1 Å². The molecule has 0 radical (unpaired) electrons. The zero-order chi connectivity index (χ0) is 17.4. The third-order valence-electron chi connectivity index (χ3n) is 4.81. The average molecular weight is 358 g/mol. The van der Waals surface area contributed by atoms with Crippen LogP contribution in [0.3, 0.4) is 0 Å². The van der Waals surface area contributed by atoms with E-state index in [0.29, 0.717) is 11.1 Å². The first-order valence-corrected chi connectivity index (χ1v) is 8.76. The second-order valence-corrected chi connectivity index (χ2v) is 6.69. The lowest BCUT2D eigenvalue weighted by atomic mass is 10.1. The summed E-state index contributed by atoms with van der Waals surface area (Å²) in [5.74, 6) is 1.73. The molecule has 0 unspecified atom stereocenters. The minimum atomic E-state index is 0.342. The highest BCUT2D eigenvalue weighted by molar-refractivity contribution is 6.33. The lowest BCUT2D eigenvalue weighted by Gasteiger charge is -2.32. The van der Waals surface area contributed by atoms with Crippen molar-refractivity contribution in [3.8, 4) is 11.4 Å². The number of halogens is 1. The Hall–Kier alpha value is -2.18. The van der Waals surface area contributed by atoms with Crippen molar-refractivity contribution in [1.82, 2.24) is 19.5 Å². The van der Waals surface area contributed by atoms with Crippen molar-refractivity contribution < 1.29 is 4.74 Å². The Morgan fingerprint density at radius 1 is 1.24 bits per heavy atom. The lowest BCUT2D eigenvalue weighted by molar-refractivity contribution is 0.0818. The van der Waals surface area contributed by atoms with Gasteiger partial charge in [-0.1, -0.05) is 11.6 Å². The Balaban J connectivity index is 1.71. The third kappa shape index (κ3) is 2.96. The van der Waals surface area contributed by atoms with E-state index in [1.54, 1.807) is 19.5 Å². The van der Waals surface area contributed by atoms with Crippen molar-refractivity contribution in [2.45, 2.75) is 18.9 Å². The molecule has 1 saturated heterocycles. The molecule has 4 heterocycles. The van der Waals surface area contributed by atoms with Gasteiger partial charge in [0.1, 0.15) is 17.2 Å². The lowest BCUT2D eigenvalue weighted by Crippen LogP contribution is -2.37. The van der Waals surface area contributed by atoms with Gasteiger partial charge in [0.2, 0.25) is 0 Å². The van der Waals surface area contributed by atoms with Crippen LogP contribution >= 0.6 is 11.6 Å². The summed E-state index contributed by atoms with van der Waals surface area (Å²) in [4.78, 5) is 15.9. The van der Waals surface area contributed by atoms with Crippen LogP contribution in [0.2, 0.25) is 5.02 Å². The quantitative estimate of drug-likeness (QED) is 0.719. The van der Waals surface area contributed by atoms with Crippen molar-refractivity contribution in [3.63, 3.8) is 0 Å². The summed E-state index contributed by atoms with van der Waals surface area (Å²) in [6.45, 7) is 1.85. The summed E-state index contributed by atoms with van der Waals surface area (Å²) in [6.07, 6.45) is 5.84. The fourth-order valence-corrected chi connectivity index (χ4v) is 3.54. The highest BCUT2D eigenvalue weighted by Crippen LogP contribution is 2.32. The number of hydrogen-bond acceptors (Lipinski definition) is 5. The number of nitrogens with zero attached hydrogens (tertiary/aromatic N) is 5. The monoisotopic (exact) mass is 357 g/mol. The van der Waals surface area contributed by atoms with Crippen LogP contribution in [-0.2, 0) is 11.8 Å². The molecule has 0 atom stereocenters. The van der Waals surface area contributed by atoms with Gasteiger partial charge in [-0.3, -0.25) is 0 Å². The van der Waals surface area contributed by atoms with Crippen LogP contribution in [0.1, 0.15) is 12.8 Å². The summed E-state index contributed by atoms with van der Waals surface area (Å²) in [5, 5.41) is 0.592. The fraction of sp³-hybridized carbons (Fsp3) is 0.389. The number of methoxy groups -OCH3 is 1. The smallest absolute Gasteiger partial charge is 0.159 e. The van der Waals surface area contributed by atoms with Gasteiger partial charge >= 0.3 is 0 Å². The molecule has 0 saturated carbocycles. The summed E-state index contributed by atoms with van der Waals surface area (Å²) in [5.41, 5.74) is 2.57. The number of aryl methyl sites for hydroxylation is 1. The number of rotatable bonds is 3. The van der Waals surface area contributed by atoms with Crippen LogP contribution in [0.5, 0.6) is 0 Å². The van der Waals surface area contributed by atoms with E-state index < -0.39 is 0 Å². The van der Waals surface area contributed by atoms with E-state index in [1.165, 1.54) is 0 Å². The highest BCUT2D eigenvalue weighted by atomic mass is 35.5. The first-order chi connectivity index (χ1) is 12.2. The second-order valence-electron chi connectivity index (χ2n) is 6.29. The molecule has 130 valence electrons. The van der Waals surface area contributed by atoms with Crippen LogP contribution in [0.4, 0.5) is 5.82 Å². The van der Waals surface area contributed by atoms with Crippen molar-refractivity contribution >= 4 is 28.6 Å². The zero-order valence-electron chi connectivity index (χ0n) is 14.3. The van der Waals surface area contributed by atoms with Crippen molar-refractivity contribution in [2.75, 3.05) is 25.1 Å². The van der Waals surface area contributed by atoms with E-state index in [-0.39, 0.29) is 0 Å². The predicted molar refractivity (Wildman–Crippen MR) is 99.0 cm³/mol. The van der Waals surface area contributed by atoms with Gasteiger partial charge in [0.15, 0.2) is 5.65 Å². The average Bonchev–Trinajstić information content (AvgIpc) is 2.99. The number of piperidine rings is 1. The number of aromatic nitrogens is 4. The Bertz CT molecular complexity index is 902. The summed E-state index contributed by atoms with van der Waals surface area (Å²) < 4.78 is 7.42. The normalized spacial score (nSPS) is 15.9. The first-order valence-electron chi connectivity index (χ1n) is 8.38. The van der Waals surface area contributed by atoms with Gasteiger partial charge in [-0.15, -0.1) is 0 Å². The van der Waals surface area contributed by atoms with Gasteiger partial charge < -0.3 is 14.2 Å². The van der Waals surface area contributed by atoms with Gasteiger partial charge in [0, 0.05) is 45.2 Å². The molecule has 1 fully saturated rings. The molecular formula is C18H20ClN5O. The minimum Gasteiger partial charge on any atom is -0.381 e. The van der Waals surface area contributed by atoms with Gasteiger partial charge in [-0.05, 0) is 31.0 Å². The van der Waals surface area contributed by atoms with E-state index in [0.717, 1.165) is 54.3 Å². The van der Waals surface area contributed by atoms with E-state index in [2.05, 4.69) is 14.9 Å². The molecular weight excluding hydrogens is 338 g/mol. The summed E-state index contributed by atoms with van der Waals surface area (Å²) in [7, 11) is 3.73. The maximum Gasteiger partial charge on any atom is 0.159 e. The van der Waals surface area contributed by atoms with Crippen molar-refractivity contribution in [3.05, 3.63) is 35.6 Å². The molecule has 7 heteroatoms. The Morgan fingerprint density at radius 3 is 2.76 bits per heavy atom. The summed E-state index contributed by atoms with van der Waals surface area (Å²) >= 11 is 6.44. The summed E-state index contributed by atoms with van der Waals surface area (Å²) in [6, 6.07) is 5.87. The number of anilines is 1. The van der Waals surface area contributed by atoms with Gasteiger partial charge in [-0.25, -0.2) is 15.0 Å². The first kappa shape index (κ1) is 16.3. The van der Waals surface area contributed by atoms with Crippen LogP contribution in [0, 0.1) is 0 Å². The number of ether oxygens (including phenoxy) is 1. The molecule has 0 aliphatic carbocycles. The molecule has 0 aromatic carbocycles. The molecule has 3 aromatic rings. The fourth-order valence-electron chi connectivity index (χ4n) is 3.36. The number of fused-ring (bicyclic) bond motifs is 1. The minimum absolute atomic E-state index is 0.342. The number of hydrogen-bond donors (Lipinski definition) is 0. The number of imidazole rings is 1. The van der Waals surface area contributed by atoms with Gasteiger partial charge in [-0.2, -0.15) is 0 Å². The van der Waals surface area contributed by atoms with Crippen LogP contribution in [-0.4, -0.2) is 45.8 Å². The van der Waals surface area contributed by atoms with Gasteiger partial charge in [0.25, 0.3) is 0 Å². The molecule has 3 aromatic heterocycles. The van der Waals surface area contributed by atoms with Crippen LogP contribution < -0.4 is 4.90 Å². The van der Waals surface area contributed by atoms with Crippen molar-refractivity contribution in [1.29, 1.82) is 0 Å². The second kappa shape index (κ2) is 6.61. The van der Waals surface area contributed by atoms with Crippen LogP contribution in [0.15, 0.2) is 30.6 Å². The van der Waals surface area contributed by atoms with Crippen LogP contribution in [0.25, 0.3) is 22.6 Å². The zero-order valence-corrected chi connectivity index (χ0v) is 15.1. The molecule has 0 bridgehead atoms. The third-order valence-corrected chi connectivity index (χ3v) is 5.11. The van der Waals surface area contributed by atoms with E-state index in [9.17, 15) is 0 Å².